The SMILES string of the molecule is CCCCNC1=C/C(=C(/C#N)C(=O)OC)CCC1. The molecule has 4 nitrogen and oxygen atoms in total. The molecule has 1 aliphatic carbocycles. The summed E-state index contributed by atoms with van der Waals surface area (Å²) in [7, 11) is 1.30. The molecule has 0 radical (unpaired) electrons. The number of nitrogens with one attached hydrogen (secondary N) is 1. The molecular formula is C14H20N2O2. The van der Waals surface area contributed by atoms with Gasteiger partial charge >= 0.3 is 5.97 Å². The van der Waals surface area contributed by atoms with Crippen molar-refractivity contribution in [2.75, 3.05) is 13.7 Å². The molecule has 98 valence electrons. The third-order valence-electron chi connectivity index (χ3n) is 2.95. The van der Waals surface area contributed by atoms with E-state index in [1.54, 1.807) is 0 Å². The number of hydrogen-bond donors (Lipinski definition) is 1. The molecule has 0 unspecified atom stereocenters. The second-order valence-electron chi connectivity index (χ2n) is 4.31. The van der Waals surface area contributed by atoms with Crippen LogP contribution in [-0.2, 0) is 9.53 Å². The average molecular weight is 248 g/mol. The van der Waals surface area contributed by atoms with Gasteiger partial charge in [-0.2, -0.15) is 5.26 Å². The number of esters is 1. The molecule has 0 heterocycles. The van der Waals surface area contributed by atoms with Crippen LogP contribution in [0.1, 0.15) is 39.0 Å². The molecule has 0 amide bonds. The fraction of sp³-hybridized carbons (Fsp3) is 0.571. The largest absolute Gasteiger partial charge is 0.465 e. The van der Waals surface area contributed by atoms with Gasteiger partial charge in [0.1, 0.15) is 11.6 Å². The molecule has 0 aliphatic heterocycles. The lowest BCUT2D eigenvalue weighted by atomic mass is 9.95. The quantitative estimate of drug-likeness (QED) is 0.351. The summed E-state index contributed by atoms with van der Waals surface area (Å²) >= 11 is 0. The van der Waals surface area contributed by atoms with Crippen LogP contribution in [0.4, 0.5) is 0 Å². The number of ether oxygens (including phenoxy) is 1. The molecule has 0 saturated heterocycles. The van der Waals surface area contributed by atoms with Crippen molar-refractivity contribution in [2.24, 2.45) is 0 Å². The standard InChI is InChI=1S/C14H20N2O2/c1-3-4-8-16-12-7-5-6-11(9-12)13(10-15)14(17)18-2/h9,16H,3-8H2,1-2H3/b13-11-. The van der Waals surface area contributed by atoms with Gasteiger partial charge in [-0.15, -0.1) is 0 Å². The summed E-state index contributed by atoms with van der Waals surface area (Å²) in [6.45, 7) is 3.09. The average Bonchev–Trinajstić information content (AvgIpc) is 2.40. The monoisotopic (exact) mass is 248 g/mol. The maximum atomic E-state index is 11.5. The minimum Gasteiger partial charge on any atom is -0.465 e. The maximum Gasteiger partial charge on any atom is 0.348 e. The van der Waals surface area contributed by atoms with E-state index in [0.29, 0.717) is 0 Å². The third-order valence-corrected chi connectivity index (χ3v) is 2.95. The summed E-state index contributed by atoms with van der Waals surface area (Å²) in [6, 6.07) is 1.94. The lowest BCUT2D eigenvalue weighted by Gasteiger charge is -2.17. The van der Waals surface area contributed by atoms with Crippen molar-refractivity contribution in [1.82, 2.24) is 5.32 Å². The number of nitriles is 1. The maximum absolute atomic E-state index is 11.5. The molecule has 4 heteroatoms. The predicted molar refractivity (Wildman–Crippen MR) is 69.5 cm³/mol. The molecule has 0 aromatic carbocycles. The molecule has 18 heavy (non-hydrogen) atoms. The number of unbranched alkanes of at least 4 members (excludes halogenated alkanes) is 1. The number of rotatable bonds is 5. The van der Waals surface area contributed by atoms with Crippen LogP contribution in [0, 0.1) is 11.3 Å². The summed E-state index contributed by atoms with van der Waals surface area (Å²) in [5, 5.41) is 12.4. The first-order valence-electron chi connectivity index (χ1n) is 6.39. The van der Waals surface area contributed by atoms with E-state index < -0.39 is 5.97 Å². The van der Waals surface area contributed by atoms with Gasteiger partial charge in [0, 0.05) is 12.2 Å². The predicted octanol–water partition coefficient (Wildman–Crippen LogP) is 2.44. The van der Waals surface area contributed by atoms with E-state index in [1.807, 2.05) is 12.1 Å². The summed E-state index contributed by atoms with van der Waals surface area (Å²) in [4.78, 5) is 11.5. The molecular weight excluding hydrogens is 228 g/mol. The second kappa shape index (κ2) is 7.54. The molecule has 0 spiro atoms. The summed E-state index contributed by atoms with van der Waals surface area (Å²) in [5.74, 6) is -0.543. The molecule has 1 aliphatic rings. The van der Waals surface area contributed by atoms with Crippen LogP contribution in [0.3, 0.4) is 0 Å². The van der Waals surface area contributed by atoms with Crippen LogP contribution in [-0.4, -0.2) is 19.6 Å². The minimum atomic E-state index is -0.543. The lowest BCUT2D eigenvalue weighted by Crippen LogP contribution is -2.18. The van der Waals surface area contributed by atoms with Crippen molar-refractivity contribution in [2.45, 2.75) is 39.0 Å². The zero-order valence-corrected chi connectivity index (χ0v) is 11.1. The molecule has 0 bridgehead atoms. The number of methoxy groups -OCH3 is 1. The van der Waals surface area contributed by atoms with E-state index in [4.69, 9.17) is 5.26 Å². The van der Waals surface area contributed by atoms with Crippen molar-refractivity contribution in [3.63, 3.8) is 0 Å². The Balaban J connectivity index is 2.82. The first-order chi connectivity index (χ1) is 8.72. The Bertz CT molecular complexity index is 403. The van der Waals surface area contributed by atoms with Crippen molar-refractivity contribution in [1.29, 1.82) is 5.26 Å². The second-order valence-corrected chi connectivity index (χ2v) is 4.31. The van der Waals surface area contributed by atoms with Crippen LogP contribution in [0.5, 0.6) is 0 Å². The molecule has 0 saturated carbocycles. The molecule has 1 N–H and O–H groups in total. The van der Waals surface area contributed by atoms with Crippen molar-refractivity contribution >= 4 is 5.97 Å². The first-order valence-corrected chi connectivity index (χ1v) is 6.39. The number of nitrogens with zero attached hydrogens (tertiary/aromatic N) is 1. The Labute approximate surface area is 108 Å². The number of carbonyl (C=O) groups is 1. The topological polar surface area (TPSA) is 62.1 Å². The van der Waals surface area contributed by atoms with Crippen LogP contribution < -0.4 is 5.32 Å². The molecule has 0 fully saturated rings. The Morgan fingerprint density at radius 3 is 2.94 bits per heavy atom. The summed E-state index contributed by atoms with van der Waals surface area (Å²) in [5.41, 5.74) is 2.03. The van der Waals surface area contributed by atoms with Crippen LogP contribution in [0.2, 0.25) is 0 Å². The van der Waals surface area contributed by atoms with Gasteiger partial charge in [-0.05, 0) is 37.3 Å². The highest BCUT2D eigenvalue weighted by atomic mass is 16.5. The molecule has 1 rings (SSSR count). The van der Waals surface area contributed by atoms with Crippen LogP contribution in [0.15, 0.2) is 22.9 Å². The number of carbonyl (C=O) groups excluding carboxylic acids is 1. The zero-order valence-electron chi connectivity index (χ0n) is 11.1. The van der Waals surface area contributed by atoms with E-state index in [2.05, 4.69) is 17.0 Å². The van der Waals surface area contributed by atoms with E-state index in [9.17, 15) is 4.79 Å². The normalized spacial score (nSPS) is 17.5. The van der Waals surface area contributed by atoms with Crippen molar-refractivity contribution in [3.05, 3.63) is 22.9 Å². The fourth-order valence-electron chi connectivity index (χ4n) is 1.94. The van der Waals surface area contributed by atoms with Gasteiger partial charge in [-0.1, -0.05) is 13.3 Å². The summed E-state index contributed by atoms with van der Waals surface area (Å²) in [6.07, 6.45) is 6.90. The van der Waals surface area contributed by atoms with E-state index in [1.165, 1.54) is 7.11 Å². The number of allylic oxidation sites excluding steroid dienone is 3. The van der Waals surface area contributed by atoms with Crippen molar-refractivity contribution in [3.8, 4) is 6.07 Å². The zero-order chi connectivity index (χ0) is 13.4. The minimum absolute atomic E-state index is 0.131. The van der Waals surface area contributed by atoms with Gasteiger partial charge in [0.15, 0.2) is 0 Å². The smallest absolute Gasteiger partial charge is 0.348 e. The Kier molecular flexibility index (Phi) is 5.99. The Morgan fingerprint density at radius 2 is 2.33 bits per heavy atom. The third kappa shape index (κ3) is 3.92. The fourth-order valence-corrected chi connectivity index (χ4v) is 1.94. The number of hydrogen-bond acceptors (Lipinski definition) is 4. The van der Waals surface area contributed by atoms with Crippen molar-refractivity contribution < 1.29 is 9.53 Å². The van der Waals surface area contributed by atoms with Crippen LogP contribution in [0.25, 0.3) is 0 Å². The van der Waals surface area contributed by atoms with Gasteiger partial charge in [0.2, 0.25) is 0 Å². The molecule has 0 aromatic heterocycles. The summed E-state index contributed by atoms with van der Waals surface area (Å²) < 4.78 is 4.62. The lowest BCUT2D eigenvalue weighted by molar-refractivity contribution is -0.135. The Morgan fingerprint density at radius 1 is 1.56 bits per heavy atom. The Hall–Kier alpha value is -1.76. The van der Waals surface area contributed by atoms with Crippen LogP contribution >= 0.6 is 0 Å². The van der Waals surface area contributed by atoms with Gasteiger partial charge < -0.3 is 10.1 Å². The van der Waals surface area contributed by atoms with E-state index >= 15 is 0 Å². The highest BCUT2D eigenvalue weighted by Crippen LogP contribution is 2.23. The van der Waals surface area contributed by atoms with E-state index in [-0.39, 0.29) is 5.57 Å². The van der Waals surface area contributed by atoms with Gasteiger partial charge in [0.25, 0.3) is 0 Å². The highest BCUT2D eigenvalue weighted by Gasteiger charge is 2.17. The first kappa shape index (κ1) is 14.3. The highest BCUT2D eigenvalue weighted by molar-refractivity contribution is 5.94. The van der Waals surface area contributed by atoms with Gasteiger partial charge in [-0.25, -0.2) is 4.79 Å². The molecule has 0 atom stereocenters. The van der Waals surface area contributed by atoms with E-state index in [0.717, 1.165) is 49.9 Å². The van der Waals surface area contributed by atoms with Gasteiger partial charge in [-0.3, -0.25) is 0 Å². The molecule has 0 aromatic rings. The van der Waals surface area contributed by atoms with Gasteiger partial charge in [0.05, 0.1) is 7.11 Å².